The van der Waals surface area contributed by atoms with Crippen molar-refractivity contribution in [3.05, 3.63) is 21.9 Å². The molecule has 3 rings (SSSR count). The Hall–Kier alpha value is -1.11. The lowest BCUT2D eigenvalue weighted by Crippen LogP contribution is -2.54. The van der Waals surface area contributed by atoms with E-state index in [9.17, 15) is 4.79 Å². The van der Waals surface area contributed by atoms with E-state index in [0.29, 0.717) is 17.3 Å². The molecule has 1 fully saturated rings. The monoisotopic (exact) mass is 384 g/mol. The zero-order valence-corrected chi connectivity index (χ0v) is 16.3. The predicted octanol–water partition coefficient (Wildman–Crippen LogP) is 3.28. The summed E-state index contributed by atoms with van der Waals surface area (Å²) in [5, 5.41) is 7.69. The third kappa shape index (κ3) is 4.01. The summed E-state index contributed by atoms with van der Waals surface area (Å²) < 4.78 is 11.6. The number of carbonyl (C=O) groups excluding carboxylic acids is 1. The van der Waals surface area contributed by atoms with E-state index in [2.05, 4.69) is 10.6 Å². The summed E-state index contributed by atoms with van der Waals surface area (Å²) in [5.74, 6) is -0.325. The van der Waals surface area contributed by atoms with Crippen molar-refractivity contribution >= 4 is 34.9 Å². The first-order valence-electron chi connectivity index (χ1n) is 8.99. The maximum atomic E-state index is 12.4. The lowest BCUT2D eigenvalue weighted by molar-refractivity contribution is -0.139. The minimum absolute atomic E-state index is 0.0480. The molecule has 1 saturated heterocycles. The van der Waals surface area contributed by atoms with Gasteiger partial charge in [-0.05, 0) is 70.2 Å². The van der Waals surface area contributed by atoms with Crippen molar-refractivity contribution in [3.8, 4) is 0 Å². The van der Waals surface area contributed by atoms with E-state index in [1.807, 2.05) is 6.92 Å². The summed E-state index contributed by atoms with van der Waals surface area (Å²) in [6.07, 6.45) is 5.97. The highest BCUT2D eigenvalue weighted by Crippen LogP contribution is 2.38. The van der Waals surface area contributed by atoms with Crippen LogP contribution in [0.15, 0.2) is 21.9 Å². The molecule has 3 atom stereocenters. The first-order chi connectivity index (χ1) is 12.0. The van der Waals surface area contributed by atoms with Gasteiger partial charge in [0, 0.05) is 10.7 Å². The first kappa shape index (κ1) is 18.7. The number of ether oxygens (including phenoxy) is 2. The Morgan fingerprint density at radius 1 is 1.36 bits per heavy atom. The molecule has 5 nitrogen and oxygen atoms in total. The Bertz CT molecular complexity index is 632. The van der Waals surface area contributed by atoms with Crippen LogP contribution in [0.1, 0.15) is 52.4 Å². The Labute approximate surface area is 159 Å². The maximum absolute atomic E-state index is 12.4. The Morgan fingerprint density at radius 3 is 2.84 bits per heavy atom. The van der Waals surface area contributed by atoms with Crippen molar-refractivity contribution in [2.75, 3.05) is 6.61 Å². The highest BCUT2D eigenvalue weighted by atomic mass is 35.5. The van der Waals surface area contributed by atoms with Gasteiger partial charge in [0.15, 0.2) is 5.11 Å². The van der Waals surface area contributed by atoms with Gasteiger partial charge in [-0.15, -0.1) is 0 Å². The van der Waals surface area contributed by atoms with Crippen LogP contribution in [0.2, 0.25) is 0 Å². The van der Waals surface area contributed by atoms with Crippen molar-refractivity contribution in [1.82, 2.24) is 10.6 Å². The van der Waals surface area contributed by atoms with Crippen LogP contribution in [0.25, 0.3) is 0 Å². The van der Waals surface area contributed by atoms with Crippen LogP contribution in [-0.4, -0.2) is 35.9 Å². The van der Waals surface area contributed by atoms with E-state index < -0.39 is 0 Å². The molecule has 0 radical (unpaired) electrons. The van der Waals surface area contributed by atoms with Crippen molar-refractivity contribution in [2.45, 2.75) is 70.6 Å². The molecule has 0 saturated carbocycles. The van der Waals surface area contributed by atoms with Crippen LogP contribution >= 0.6 is 23.8 Å². The zero-order chi connectivity index (χ0) is 18.0. The fourth-order valence-corrected chi connectivity index (χ4v) is 4.51. The minimum atomic E-state index is -0.325. The van der Waals surface area contributed by atoms with Crippen LogP contribution in [0.5, 0.6) is 0 Å². The lowest BCUT2D eigenvalue weighted by atomic mass is 9.93. The fourth-order valence-electron chi connectivity index (χ4n) is 3.88. The third-order valence-electron chi connectivity index (χ3n) is 5.05. The number of thiocarbonyl (C=S) groups is 1. The van der Waals surface area contributed by atoms with Gasteiger partial charge in [0.25, 0.3) is 0 Å². The van der Waals surface area contributed by atoms with Crippen LogP contribution in [-0.2, 0) is 14.3 Å². The van der Waals surface area contributed by atoms with Crippen LogP contribution in [0.3, 0.4) is 0 Å². The predicted molar refractivity (Wildman–Crippen MR) is 101 cm³/mol. The van der Waals surface area contributed by atoms with Gasteiger partial charge < -0.3 is 20.1 Å². The second-order valence-corrected chi connectivity index (χ2v) is 7.58. The molecule has 0 amide bonds. The van der Waals surface area contributed by atoms with E-state index in [1.165, 1.54) is 12.0 Å². The van der Waals surface area contributed by atoms with Gasteiger partial charge in [-0.2, -0.15) is 0 Å². The smallest absolute Gasteiger partial charge is 0.337 e. The van der Waals surface area contributed by atoms with Gasteiger partial charge in [0.1, 0.15) is 0 Å². The zero-order valence-electron chi connectivity index (χ0n) is 14.7. The second kappa shape index (κ2) is 8.06. The van der Waals surface area contributed by atoms with Gasteiger partial charge in [-0.3, -0.25) is 0 Å². The molecule has 0 aromatic heterocycles. The SMILES string of the molecule is CCOC(=O)C1=C(C)NC(=S)NC1C1CCC(C2=C(Cl)CCCC2)O1. The number of allylic oxidation sites excluding steroid dienone is 2. The van der Waals surface area contributed by atoms with E-state index in [1.54, 1.807) is 6.92 Å². The number of esters is 1. The van der Waals surface area contributed by atoms with E-state index in [4.69, 9.17) is 33.3 Å². The van der Waals surface area contributed by atoms with Gasteiger partial charge in [-0.1, -0.05) is 11.6 Å². The molecule has 0 spiro atoms. The van der Waals surface area contributed by atoms with Crippen molar-refractivity contribution in [2.24, 2.45) is 0 Å². The minimum Gasteiger partial charge on any atom is -0.463 e. The van der Waals surface area contributed by atoms with Gasteiger partial charge >= 0.3 is 5.97 Å². The number of hydrogen-bond acceptors (Lipinski definition) is 4. The topological polar surface area (TPSA) is 59.6 Å². The molecule has 0 aromatic rings. The molecule has 0 aromatic carbocycles. The summed E-state index contributed by atoms with van der Waals surface area (Å²) >= 11 is 11.7. The normalized spacial score (nSPS) is 30.2. The number of carbonyl (C=O) groups is 1. The Morgan fingerprint density at radius 2 is 2.12 bits per heavy atom. The van der Waals surface area contributed by atoms with Crippen molar-refractivity contribution < 1.29 is 14.3 Å². The summed E-state index contributed by atoms with van der Waals surface area (Å²) in [7, 11) is 0. The molecule has 1 aliphatic carbocycles. The largest absolute Gasteiger partial charge is 0.463 e. The first-order valence-corrected chi connectivity index (χ1v) is 9.78. The standard InChI is InChI=1S/C18H25ClN2O3S/c1-3-23-17(22)15-10(2)20-18(25)21-16(15)14-9-8-13(24-14)11-6-4-5-7-12(11)19/h13-14,16H,3-9H2,1-2H3,(H2,20,21,25). The van der Waals surface area contributed by atoms with E-state index >= 15 is 0 Å². The van der Waals surface area contributed by atoms with Crippen LogP contribution in [0, 0.1) is 0 Å². The van der Waals surface area contributed by atoms with Gasteiger partial charge in [0.05, 0.1) is 30.4 Å². The fraction of sp³-hybridized carbons (Fsp3) is 0.667. The molecule has 0 bridgehead atoms. The number of rotatable bonds is 4. The third-order valence-corrected chi connectivity index (χ3v) is 5.70. The summed E-state index contributed by atoms with van der Waals surface area (Å²) in [5.41, 5.74) is 2.55. The summed E-state index contributed by atoms with van der Waals surface area (Å²) in [4.78, 5) is 12.4. The molecule has 138 valence electrons. The average molecular weight is 385 g/mol. The van der Waals surface area contributed by atoms with Crippen molar-refractivity contribution in [3.63, 3.8) is 0 Å². The molecule has 25 heavy (non-hydrogen) atoms. The highest BCUT2D eigenvalue weighted by Gasteiger charge is 2.41. The maximum Gasteiger partial charge on any atom is 0.337 e. The molecule has 2 heterocycles. The lowest BCUT2D eigenvalue weighted by Gasteiger charge is -2.33. The molecule has 3 aliphatic rings. The highest BCUT2D eigenvalue weighted by molar-refractivity contribution is 7.80. The second-order valence-electron chi connectivity index (χ2n) is 6.71. The molecule has 3 unspecified atom stereocenters. The molecular formula is C18H25ClN2O3S. The van der Waals surface area contributed by atoms with E-state index in [-0.39, 0.29) is 24.2 Å². The molecule has 7 heteroatoms. The number of hydrogen-bond donors (Lipinski definition) is 2. The van der Waals surface area contributed by atoms with Gasteiger partial charge in [0.2, 0.25) is 0 Å². The quantitative estimate of drug-likeness (QED) is 0.573. The van der Waals surface area contributed by atoms with Crippen LogP contribution < -0.4 is 10.6 Å². The van der Waals surface area contributed by atoms with Gasteiger partial charge in [-0.25, -0.2) is 4.79 Å². The Kier molecular flexibility index (Phi) is 6.02. The molecule has 2 aliphatic heterocycles. The molecule has 2 N–H and O–H groups in total. The number of nitrogens with one attached hydrogen (secondary N) is 2. The summed E-state index contributed by atoms with van der Waals surface area (Å²) in [6.45, 7) is 3.99. The number of halogens is 1. The van der Waals surface area contributed by atoms with E-state index in [0.717, 1.165) is 42.8 Å². The average Bonchev–Trinajstić information content (AvgIpc) is 3.04. The van der Waals surface area contributed by atoms with Crippen LogP contribution in [0.4, 0.5) is 0 Å². The Balaban J connectivity index is 1.79. The molecular weight excluding hydrogens is 360 g/mol. The summed E-state index contributed by atoms with van der Waals surface area (Å²) in [6, 6.07) is -0.291. The van der Waals surface area contributed by atoms with Crippen molar-refractivity contribution in [1.29, 1.82) is 0 Å².